The minimum Gasteiger partial charge on any atom is -0.493 e. The minimum atomic E-state index is -0.00442. The Morgan fingerprint density at radius 3 is 2.20 bits per heavy atom. The maximum Gasteiger partial charge on any atom is 0.171 e. The first kappa shape index (κ1) is 18.8. The van der Waals surface area contributed by atoms with Crippen molar-refractivity contribution in [2.75, 3.05) is 20.3 Å². The summed E-state index contributed by atoms with van der Waals surface area (Å²) in [6.07, 6.45) is 0.762. The normalized spacial score (nSPS) is 11.1. The van der Waals surface area contributed by atoms with Crippen LogP contribution in [0.3, 0.4) is 0 Å². The van der Waals surface area contributed by atoms with Crippen LogP contribution in [-0.2, 0) is 5.41 Å². The minimum absolute atomic E-state index is 0.00442. The summed E-state index contributed by atoms with van der Waals surface area (Å²) in [6.45, 7) is 9.22. The van der Waals surface area contributed by atoms with Crippen LogP contribution < -0.4 is 14.2 Å². The Morgan fingerprint density at radius 2 is 1.60 bits per heavy atom. The van der Waals surface area contributed by atoms with Gasteiger partial charge in [-0.15, -0.1) is 0 Å². The lowest BCUT2D eigenvalue weighted by Crippen LogP contribution is -2.17. The molecular formula is C21H26O4. The molecular weight excluding hydrogens is 316 g/mol. The molecule has 4 heteroatoms. The van der Waals surface area contributed by atoms with Crippen LogP contribution in [0.5, 0.6) is 17.2 Å². The molecule has 0 saturated carbocycles. The van der Waals surface area contributed by atoms with Gasteiger partial charge in [0, 0.05) is 0 Å². The van der Waals surface area contributed by atoms with E-state index in [-0.39, 0.29) is 5.41 Å². The molecule has 0 aliphatic rings. The van der Waals surface area contributed by atoms with Gasteiger partial charge in [-0.3, -0.25) is 4.79 Å². The summed E-state index contributed by atoms with van der Waals surface area (Å²) in [7, 11) is 1.55. The lowest BCUT2D eigenvalue weighted by molar-refractivity contribution is 0.111. The van der Waals surface area contributed by atoms with Crippen molar-refractivity contribution in [2.45, 2.75) is 33.1 Å². The van der Waals surface area contributed by atoms with Crippen LogP contribution in [0.25, 0.3) is 0 Å². The fraction of sp³-hybridized carbons (Fsp3) is 0.381. The van der Waals surface area contributed by atoms with Crippen LogP contribution in [0.2, 0.25) is 0 Å². The number of hydrogen-bond donors (Lipinski definition) is 0. The van der Waals surface area contributed by atoms with E-state index in [0.29, 0.717) is 30.3 Å². The van der Waals surface area contributed by atoms with Gasteiger partial charge in [0.05, 0.1) is 12.7 Å². The van der Waals surface area contributed by atoms with Crippen molar-refractivity contribution < 1.29 is 19.0 Å². The van der Waals surface area contributed by atoms with Gasteiger partial charge in [-0.05, 0) is 35.6 Å². The van der Waals surface area contributed by atoms with Gasteiger partial charge in [0.25, 0.3) is 0 Å². The highest BCUT2D eigenvalue weighted by Gasteiger charge is 2.20. The first-order chi connectivity index (χ1) is 11.9. The summed E-state index contributed by atoms with van der Waals surface area (Å²) in [5.74, 6) is 1.88. The van der Waals surface area contributed by atoms with E-state index in [4.69, 9.17) is 14.2 Å². The van der Waals surface area contributed by atoms with Gasteiger partial charge in [-0.1, -0.05) is 45.0 Å². The van der Waals surface area contributed by atoms with Gasteiger partial charge < -0.3 is 14.2 Å². The summed E-state index contributed by atoms with van der Waals surface area (Å²) < 4.78 is 17.0. The third kappa shape index (κ3) is 4.53. The van der Waals surface area contributed by atoms with E-state index in [9.17, 15) is 4.79 Å². The fourth-order valence-corrected chi connectivity index (χ4v) is 2.66. The highest BCUT2D eigenvalue weighted by molar-refractivity contribution is 5.81. The average molecular weight is 342 g/mol. The van der Waals surface area contributed by atoms with Gasteiger partial charge in [0.15, 0.2) is 17.8 Å². The van der Waals surface area contributed by atoms with Gasteiger partial charge >= 0.3 is 0 Å². The van der Waals surface area contributed by atoms with Gasteiger partial charge in [0.1, 0.15) is 19.0 Å². The van der Waals surface area contributed by atoms with E-state index < -0.39 is 0 Å². The van der Waals surface area contributed by atoms with Crippen molar-refractivity contribution in [3.05, 3.63) is 53.1 Å². The fourth-order valence-electron chi connectivity index (χ4n) is 2.66. The largest absolute Gasteiger partial charge is 0.493 e. The van der Waals surface area contributed by atoms with E-state index in [1.165, 1.54) is 5.56 Å². The standard InChI is InChI=1S/C21H26O4/c1-15-8-6-10-17(21(2,3)4)19(15)24-12-13-25-20-16(14-22)9-7-11-18(20)23-5/h6-11,14H,12-13H2,1-5H3. The number of rotatable bonds is 7. The maximum atomic E-state index is 11.2. The van der Waals surface area contributed by atoms with Crippen molar-refractivity contribution in [1.29, 1.82) is 0 Å². The van der Waals surface area contributed by atoms with Crippen LogP contribution in [0, 0.1) is 6.92 Å². The lowest BCUT2D eigenvalue weighted by atomic mass is 9.85. The molecule has 0 bridgehead atoms. The number of benzene rings is 2. The Morgan fingerprint density at radius 1 is 0.960 bits per heavy atom. The second kappa shape index (κ2) is 8.06. The zero-order valence-corrected chi connectivity index (χ0v) is 15.6. The third-order valence-corrected chi connectivity index (χ3v) is 3.95. The molecule has 0 heterocycles. The molecule has 0 radical (unpaired) electrons. The molecule has 0 aliphatic heterocycles. The van der Waals surface area contributed by atoms with Crippen molar-refractivity contribution in [2.24, 2.45) is 0 Å². The predicted octanol–water partition coefficient (Wildman–Crippen LogP) is 4.57. The summed E-state index contributed by atoms with van der Waals surface area (Å²) >= 11 is 0. The Bertz CT molecular complexity index is 729. The first-order valence-corrected chi connectivity index (χ1v) is 8.36. The molecule has 0 fully saturated rings. The van der Waals surface area contributed by atoms with Crippen molar-refractivity contribution in [1.82, 2.24) is 0 Å². The summed E-state index contributed by atoms with van der Waals surface area (Å²) in [4.78, 5) is 11.2. The number of carbonyl (C=O) groups excluding carboxylic acids is 1. The number of methoxy groups -OCH3 is 1. The molecule has 2 aromatic carbocycles. The summed E-state index contributed by atoms with van der Waals surface area (Å²) in [6, 6.07) is 11.4. The zero-order chi connectivity index (χ0) is 18.4. The van der Waals surface area contributed by atoms with E-state index in [2.05, 4.69) is 26.8 Å². The summed E-state index contributed by atoms with van der Waals surface area (Å²) in [5, 5.41) is 0. The average Bonchev–Trinajstić information content (AvgIpc) is 2.58. The van der Waals surface area contributed by atoms with Crippen LogP contribution in [0.15, 0.2) is 36.4 Å². The molecule has 0 amide bonds. The van der Waals surface area contributed by atoms with Crippen LogP contribution in [0.1, 0.15) is 42.3 Å². The first-order valence-electron chi connectivity index (χ1n) is 8.36. The quantitative estimate of drug-likeness (QED) is 0.546. The van der Waals surface area contributed by atoms with Crippen LogP contribution in [0.4, 0.5) is 0 Å². The van der Waals surface area contributed by atoms with E-state index in [1.54, 1.807) is 25.3 Å². The Balaban J connectivity index is 2.07. The molecule has 0 aliphatic carbocycles. The number of para-hydroxylation sites is 2. The molecule has 0 saturated heterocycles. The molecule has 25 heavy (non-hydrogen) atoms. The van der Waals surface area contributed by atoms with Crippen LogP contribution in [-0.4, -0.2) is 26.6 Å². The smallest absolute Gasteiger partial charge is 0.171 e. The topological polar surface area (TPSA) is 44.8 Å². The number of aryl methyl sites for hydroxylation is 1. The molecule has 0 aromatic heterocycles. The SMILES string of the molecule is COc1cccc(C=O)c1OCCOc1c(C)cccc1C(C)(C)C. The molecule has 2 rings (SSSR count). The molecule has 4 nitrogen and oxygen atoms in total. The molecule has 0 spiro atoms. The molecule has 134 valence electrons. The van der Waals surface area contributed by atoms with Crippen LogP contribution >= 0.6 is 0 Å². The maximum absolute atomic E-state index is 11.2. The van der Waals surface area contributed by atoms with Gasteiger partial charge in [-0.2, -0.15) is 0 Å². The lowest BCUT2D eigenvalue weighted by Gasteiger charge is -2.24. The monoisotopic (exact) mass is 342 g/mol. The van der Waals surface area contributed by atoms with Crippen molar-refractivity contribution >= 4 is 6.29 Å². The second-order valence-electron chi connectivity index (χ2n) is 6.89. The van der Waals surface area contributed by atoms with E-state index >= 15 is 0 Å². The third-order valence-electron chi connectivity index (χ3n) is 3.95. The number of hydrogen-bond acceptors (Lipinski definition) is 4. The van der Waals surface area contributed by atoms with E-state index in [1.807, 2.05) is 19.1 Å². The van der Waals surface area contributed by atoms with Crippen molar-refractivity contribution in [3.8, 4) is 17.2 Å². The molecule has 0 unspecified atom stereocenters. The number of carbonyl (C=O) groups is 1. The predicted molar refractivity (Wildman–Crippen MR) is 99.3 cm³/mol. The second-order valence-corrected chi connectivity index (χ2v) is 6.89. The molecule has 2 aromatic rings. The van der Waals surface area contributed by atoms with E-state index in [0.717, 1.165) is 17.6 Å². The summed E-state index contributed by atoms with van der Waals surface area (Å²) in [5.41, 5.74) is 2.72. The Hall–Kier alpha value is -2.49. The number of ether oxygens (including phenoxy) is 3. The molecule has 0 N–H and O–H groups in total. The highest BCUT2D eigenvalue weighted by Crippen LogP contribution is 2.34. The van der Waals surface area contributed by atoms with Crippen molar-refractivity contribution in [3.63, 3.8) is 0 Å². The number of aldehydes is 1. The van der Waals surface area contributed by atoms with Gasteiger partial charge in [0.2, 0.25) is 0 Å². The molecule has 0 atom stereocenters. The Labute approximate surface area is 149 Å². The highest BCUT2D eigenvalue weighted by atomic mass is 16.5. The zero-order valence-electron chi connectivity index (χ0n) is 15.6. The van der Waals surface area contributed by atoms with Gasteiger partial charge in [-0.25, -0.2) is 0 Å². The Kier molecular flexibility index (Phi) is 6.07.